The first-order valence-electron chi connectivity index (χ1n) is 8.30. The number of benzene rings is 2. The molecule has 138 valence electrons. The van der Waals surface area contributed by atoms with Crippen molar-refractivity contribution in [3.8, 4) is 0 Å². The first kappa shape index (κ1) is 18.2. The summed E-state index contributed by atoms with van der Waals surface area (Å²) in [6, 6.07) is 12.4. The largest absolute Gasteiger partial charge is 0.384 e. The summed E-state index contributed by atoms with van der Waals surface area (Å²) >= 11 is 0. The summed E-state index contributed by atoms with van der Waals surface area (Å²) in [5.41, 5.74) is 2.61. The standard InChI is InChI=1S/C18H21N3O4S/c1-20-10-9-13(15-5-3-4-6-16(15)20)12-19-14-7-8-17(21(22)23)18(11-14)26(2,24)25/h3-8,11,13,19H,9-10,12H2,1-2H3. The topological polar surface area (TPSA) is 92.5 Å². The molecule has 2 aromatic rings. The fraction of sp³-hybridized carbons (Fsp3) is 0.333. The Bertz CT molecular complexity index is 943. The first-order valence-corrected chi connectivity index (χ1v) is 10.2. The van der Waals surface area contributed by atoms with E-state index in [1.165, 1.54) is 23.4 Å². The minimum atomic E-state index is -3.69. The molecule has 0 aromatic heterocycles. The van der Waals surface area contributed by atoms with Crippen molar-refractivity contribution in [2.75, 3.05) is 36.6 Å². The van der Waals surface area contributed by atoms with Crippen LogP contribution in [-0.2, 0) is 9.84 Å². The number of nitrogens with one attached hydrogen (secondary N) is 1. The van der Waals surface area contributed by atoms with Crippen LogP contribution < -0.4 is 10.2 Å². The summed E-state index contributed by atoms with van der Waals surface area (Å²) in [6.45, 7) is 1.57. The van der Waals surface area contributed by atoms with E-state index in [9.17, 15) is 18.5 Å². The highest BCUT2D eigenvalue weighted by Crippen LogP contribution is 2.35. The van der Waals surface area contributed by atoms with Gasteiger partial charge in [-0.25, -0.2) is 8.42 Å². The predicted molar refractivity (Wildman–Crippen MR) is 102 cm³/mol. The molecule has 0 spiro atoms. The van der Waals surface area contributed by atoms with Gasteiger partial charge in [0.2, 0.25) is 0 Å². The lowest BCUT2D eigenvalue weighted by Gasteiger charge is -2.33. The molecule has 0 saturated heterocycles. The fourth-order valence-corrected chi connectivity index (χ4v) is 4.19. The minimum Gasteiger partial charge on any atom is -0.384 e. The molecule has 1 aliphatic heterocycles. The lowest BCUT2D eigenvalue weighted by molar-refractivity contribution is -0.387. The molecular weight excluding hydrogens is 354 g/mol. The zero-order valence-corrected chi connectivity index (χ0v) is 15.5. The normalized spacial score (nSPS) is 16.8. The molecule has 26 heavy (non-hydrogen) atoms. The van der Waals surface area contributed by atoms with Crippen molar-refractivity contribution in [3.63, 3.8) is 0 Å². The summed E-state index contributed by atoms with van der Waals surface area (Å²) in [5.74, 6) is 0.291. The average Bonchev–Trinajstić information content (AvgIpc) is 2.60. The van der Waals surface area contributed by atoms with Gasteiger partial charge >= 0.3 is 0 Å². The van der Waals surface area contributed by atoms with Gasteiger partial charge in [-0.15, -0.1) is 0 Å². The predicted octanol–water partition coefficient (Wildman–Crippen LogP) is 3.03. The van der Waals surface area contributed by atoms with E-state index >= 15 is 0 Å². The van der Waals surface area contributed by atoms with Crippen molar-refractivity contribution in [1.82, 2.24) is 0 Å². The number of nitro benzene ring substituents is 1. The van der Waals surface area contributed by atoms with Gasteiger partial charge in [-0.05, 0) is 30.2 Å². The SMILES string of the molecule is CN1CCC(CNc2ccc([N+](=O)[O-])c(S(C)(=O)=O)c2)c2ccccc21. The van der Waals surface area contributed by atoms with Crippen LogP contribution in [0.3, 0.4) is 0 Å². The molecule has 1 heterocycles. The third kappa shape index (κ3) is 3.65. The number of sulfone groups is 1. The van der Waals surface area contributed by atoms with Gasteiger partial charge in [-0.3, -0.25) is 10.1 Å². The average molecular weight is 375 g/mol. The molecular formula is C18H21N3O4S. The maximum absolute atomic E-state index is 11.9. The van der Waals surface area contributed by atoms with Gasteiger partial charge in [-0.2, -0.15) is 0 Å². The Morgan fingerprint density at radius 1 is 1.27 bits per heavy atom. The summed E-state index contributed by atoms with van der Waals surface area (Å²) < 4.78 is 23.8. The maximum atomic E-state index is 11.9. The van der Waals surface area contributed by atoms with Crippen molar-refractivity contribution >= 4 is 26.9 Å². The minimum absolute atomic E-state index is 0.267. The van der Waals surface area contributed by atoms with Gasteiger partial charge in [0.05, 0.1) is 4.92 Å². The van der Waals surface area contributed by atoms with Gasteiger partial charge in [-0.1, -0.05) is 18.2 Å². The van der Waals surface area contributed by atoms with Crippen LogP contribution in [0.15, 0.2) is 47.4 Å². The lowest BCUT2D eigenvalue weighted by atomic mass is 9.90. The second-order valence-electron chi connectivity index (χ2n) is 6.56. The number of nitrogens with zero attached hydrogens (tertiary/aromatic N) is 2. The van der Waals surface area contributed by atoms with Gasteiger partial charge in [0.25, 0.3) is 5.69 Å². The molecule has 0 radical (unpaired) electrons. The number of rotatable bonds is 5. The molecule has 1 N–H and O–H groups in total. The summed E-state index contributed by atoms with van der Waals surface area (Å²) in [4.78, 5) is 12.4. The molecule has 3 rings (SSSR count). The zero-order chi connectivity index (χ0) is 18.9. The third-order valence-electron chi connectivity index (χ3n) is 4.71. The van der Waals surface area contributed by atoms with Crippen molar-refractivity contribution < 1.29 is 13.3 Å². The Morgan fingerprint density at radius 3 is 2.69 bits per heavy atom. The van der Waals surface area contributed by atoms with E-state index in [1.54, 1.807) is 6.07 Å². The van der Waals surface area contributed by atoms with Crippen molar-refractivity contribution in [2.45, 2.75) is 17.2 Å². The van der Waals surface area contributed by atoms with Crippen LogP contribution in [0.4, 0.5) is 17.1 Å². The van der Waals surface area contributed by atoms with Crippen LogP contribution >= 0.6 is 0 Å². The van der Waals surface area contributed by atoms with E-state index in [0.29, 0.717) is 18.2 Å². The number of hydrogen-bond donors (Lipinski definition) is 1. The Labute approximate surface area is 152 Å². The third-order valence-corrected chi connectivity index (χ3v) is 5.84. The molecule has 7 nitrogen and oxygen atoms in total. The molecule has 0 bridgehead atoms. The Balaban J connectivity index is 1.83. The lowest BCUT2D eigenvalue weighted by Crippen LogP contribution is -2.29. The van der Waals surface area contributed by atoms with Gasteiger partial charge < -0.3 is 10.2 Å². The molecule has 8 heteroatoms. The van der Waals surface area contributed by atoms with Gasteiger partial charge in [0.15, 0.2) is 9.84 Å². The van der Waals surface area contributed by atoms with E-state index in [0.717, 1.165) is 19.2 Å². The molecule has 0 amide bonds. The van der Waals surface area contributed by atoms with E-state index in [4.69, 9.17) is 0 Å². The second kappa shape index (κ2) is 6.95. The fourth-order valence-electron chi connectivity index (χ4n) is 3.33. The highest BCUT2D eigenvalue weighted by molar-refractivity contribution is 7.90. The summed E-state index contributed by atoms with van der Waals surface area (Å²) in [7, 11) is -1.62. The monoisotopic (exact) mass is 375 g/mol. The highest BCUT2D eigenvalue weighted by atomic mass is 32.2. The molecule has 1 atom stereocenters. The zero-order valence-electron chi connectivity index (χ0n) is 14.7. The summed E-state index contributed by atoms with van der Waals surface area (Å²) in [5, 5.41) is 14.3. The van der Waals surface area contributed by atoms with E-state index in [2.05, 4.69) is 29.4 Å². The van der Waals surface area contributed by atoms with Crippen LogP contribution in [0.2, 0.25) is 0 Å². The van der Waals surface area contributed by atoms with Crippen molar-refractivity contribution in [1.29, 1.82) is 0 Å². The van der Waals surface area contributed by atoms with Gasteiger partial charge in [0, 0.05) is 49.8 Å². The van der Waals surface area contributed by atoms with Crippen LogP contribution in [0.5, 0.6) is 0 Å². The van der Waals surface area contributed by atoms with Crippen LogP contribution in [0.25, 0.3) is 0 Å². The number of nitro groups is 1. The number of hydrogen-bond acceptors (Lipinski definition) is 6. The van der Waals surface area contributed by atoms with E-state index < -0.39 is 20.4 Å². The number of anilines is 2. The number of fused-ring (bicyclic) bond motifs is 1. The molecule has 1 unspecified atom stereocenters. The highest BCUT2D eigenvalue weighted by Gasteiger charge is 2.24. The van der Waals surface area contributed by atoms with Crippen LogP contribution in [0.1, 0.15) is 17.9 Å². The quantitative estimate of drug-likeness (QED) is 0.638. The Hall–Kier alpha value is -2.61. The van der Waals surface area contributed by atoms with E-state index in [-0.39, 0.29) is 4.90 Å². The van der Waals surface area contributed by atoms with Gasteiger partial charge in [0.1, 0.15) is 4.90 Å². The molecule has 0 fully saturated rings. The second-order valence-corrected chi connectivity index (χ2v) is 8.54. The molecule has 1 aliphatic rings. The van der Waals surface area contributed by atoms with Crippen LogP contribution in [-0.4, -0.2) is 39.7 Å². The first-order chi connectivity index (χ1) is 12.3. The Morgan fingerprint density at radius 2 is 2.00 bits per heavy atom. The van der Waals surface area contributed by atoms with E-state index in [1.807, 2.05) is 12.1 Å². The van der Waals surface area contributed by atoms with Crippen molar-refractivity contribution in [2.24, 2.45) is 0 Å². The molecule has 0 aliphatic carbocycles. The Kier molecular flexibility index (Phi) is 4.86. The number of para-hydroxylation sites is 1. The van der Waals surface area contributed by atoms with Crippen molar-refractivity contribution in [3.05, 3.63) is 58.1 Å². The summed E-state index contributed by atoms with van der Waals surface area (Å²) in [6.07, 6.45) is 1.96. The smallest absolute Gasteiger partial charge is 0.288 e. The molecule has 2 aromatic carbocycles. The van der Waals surface area contributed by atoms with Crippen LogP contribution in [0, 0.1) is 10.1 Å². The maximum Gasteiger partial charge on any atom is 0.288 e. The molecule has 0 saturated carbocycles.